The first kappa shape index (κ1) is 11.5. The molecule has 86 valence electrons. The number of aromatic nitrogens is 2. The van der Waals surface area contributed by atoms with Gasteiger partial charge in [-0.25, -0.2) is 9.78 Å². The highest BCUT2D eigenvalue weighted by molar-refractivity contribution is 9.10. The van der Waals surface area contributed by atoms with Crippen LogP contribution in [0.4, 0.5) is 0 Å². The number of carbonyl (C=O) groups is 1. The van der Waals surface area contributed by atoms with Crippen LogP contribution in [0.25, 0.3) is 0 Å². The molecular weight excluding hydrogens is 288 g/mol. The van der Waals surface area contributed by atoms with Crippen LogP contribution in [0.3, 0.4) is 0 Å². The zero-order valence-electron chi connectivity index (χ0n) is 8.50. The lowest BCUT2D eigenvalue weighted by Crippen LogP contribution is -2.02. The fourth-order valence-corrected chi connectivity index (χ4v) is 1.53. The van der Waals surface area contributed by atoms with E-state index in [2.05, 4.69) is 25.9 Å². The summed E-state index contributed by atoms with van der Waals surface area (Å²) in [5, 5.41) is 8.95. The van der Waals surface area contributed by atoms with E-state index in [1.165, 1.54) is 6.20 Å². The Morgan fingerprint density at radius 1 is 1.29 bits per heavy atom. The van der Waals surface area contributed by atoms with Crippen molar-refractivity contribution >= 4 is 21.9 Å². The molecule has 17 heavy (non-hydrogen) atoms. The van der Waals surface area contributed by atoms with Gasteiger partial charge >= 0.3 is 5.97 Å². The lowest BCUT2D eigenvalue weighted by atomic mass is 10.3. The Bertz CT molecular complexity index is 560. The Morgan fingerprint density at radius 3 is 2.82 bits per heavy atom. The van der Waals surface area contributed by atoms with Gasteiger partial charge in [0.05, 0.1) is 4.47 Å². The Hall–Kier alpha value is -1.95. The number of nitrogens with zero attached hydrogens (tertiary/aromatic N) is 2. The molecule has 0 unspecified atom stereocenters. The second-order valence-corrected chi connectivity index (χ2v) is 3.92. The lowest BCUT2D eigenvalue weighted by Gasteiger charge is -2.08. The average molecular weight is 295 g/mol. The first-order valence-electron chi connectivity index (χ1n) is 4.64. The highest BCUT2D eigenvalue weighted by Gasteiger charge is 2.13. The molecule has 6 heteroatoms. The maximum atomic E-state index is 10.9. The van der Waals surface area contributed by atoms with Crippen molar-refractivity contribution in [1.29, 1.82) is 0 Å². The molecule has 0 aliphatic carbocycles. The highest BCUT2D eigenvalue weighted by atomic mass is 79.9. The molecule has 0 amide bonds. The number of ether oxygens (including phenoxy) is 1. The van der Waals surface area contributed by atoms with Crippen LogP contribution in [0.15, 0.2) is 41.3 Å². The summed E-state index contributed by atoms with van der Waals surface area (Å²) in [6, 6.07) is 4.78. The summed E-state index contributed by atoms with van der Waals surface area (Å²) in [5.41, 5.74) is -0.129. The third-order valence-electron chi connectivity index (χ3n) is 1.93. The number of carboxylic acids is 1. The van der Waals surface area contributed by atoms with E-state index in [4.69, 9.17) is 9.84 Å². The molecule has 1 N–H and O–H groups in total. The van der Waals surface area contributed by atoms with E-state index in [9.17, 15) is 4.79 Å². The summed E-state index contributed by atoms with van der Waals surface area (Å²) in [5.74, 6) is -0.465. The van der Waals surface area contributed by atoms with Gasteiger partial charge in [-0.2, -0.15) is 0 Å². The van der Waals surface area contributed by atoms with Crippen LogP contribution >= 0.6 is 15.9 Å². The number of pyridine rings is 2. The third-order valence-corrected chi connectivity index (χ3v) is 2.52. The van der Waals surface area contributed by atoms with Gasteiger partial charge in [0.2, 0.25) is 0 Å². The first-order valence-corrected chi connectivity index (χ1v) is 5.43. The average Bonchev–Trinajstić information content (AvgIpc) is 2.32. The number of rotatable bonds is 3. The first-order chi connectivity index (χ1) is 8.18. The van der Waals surface area contributed by atoms with Gasteiger partial charge in [0.25, 0.3) is 0 Å². The van der Waals surface area contributed by atoms with E-state index >= 15 is 0 Å². The quantitative estimate of drug-likeness (QED) is 0.942. The van der Waals surface area contributed by atoms with Crippen molar-refractivity contribution in [2.75, 3.05) is 0 Å². The second-order valence-electron chi connectivity index (χ2n) is 3.06. The van der Waals surface area contributed by atoms with Crippen molar-refractivity contribution in [2.24, 2.45) is 0 Å². The molecule has 0 atom stereocenters. The minimum Gasteiger partial charge on any atom is -0.476 e. The van der Waals surface area contributed by atoms with Gasteiger partial charge < -0.3 is 9.84 Å². The van der Waals surface area contributed by atoms with Crippen LogP contribution < -0.4 is 4.74 Å². The van der Waals surface area contributed by atoms with Gasteiger partial charge in [-0.1, -0.05) is 0 Å². The number of halogens is 1. The smallest absolute Gasteiger partial charge is 0.358 e. The van der Waals surface area contributed by atoms with Crippen molar-refractivity contribution in [1.82, 2.24) is 9.97 Å². The molecule has 2 heterocycles. The summed E-state index contributed by atoms with van der Waals surface area (Å²) in [6.45, 7) is 0. The summed E-state index contributed by atoms with van der Waals surface area (Å²) in [4.78, 5) is 18.6. The third kappa shape index (κ3) is 2.59. The van der Waals surface area contributed by atoms with Crippen LogP contribution in [0.2, 0.25) is 0 Å². The number of hydrogen-bond donors (Lipinski definition) is 1. The van der Waals surface area contributed by atoms with Gasteiger partial charge in [0.1, 0.15) is 5.75 Å². The zero-order valence-corrected chi connectivity index (χ0v) is 10.1. The molecule has 2 aromatic rings. The largest absolute Gasteiger partial charge is 0.476 e. The van der Waals surface area contributed by atoms with Crippen LogP contribution in [0.5, 0.6) is 11.5 Å². The molecular formula is C11H7BrN2O3. The Balaban J connectivity index is 2.37. The molecule has 2 rings (SSSR count). The van der Waals surface area contributed by atoms with Crippen LogP contribution in [-0.4, -0.2) is 21.0 Å². The zero-order chi connectivity index (χ0) is 12.3. The maximum Gasteiger partial charge on any atom is 0.358 e. The van der Waals surface area contributed by atoms with E-state index in [-0.39, 0.29) is 11.4 Å². The minimum atomic E-state index is -1.13. The maximum absolute atomic E-state index is 10.9. The molecule has 5 nitrogen and oxygen atoms in total. The Morgan fingerprint density at radius 2 is 2.12 bits per heavy atom. The topological polar surface area (TPSA) is 72.3 Å². The molecule has 0 saturated heterocycles. The molecule has 0 bridgehead atoms. The normalized spacial score (nSPS) is 9.94. The number of carboxylic acid groups (broad SMARTS) is 1. The highest BCUT2D eigenvalue weighted by Crippen LogP contribution is 2.29. The number of hydrogen-bond acceptors (Lipinski definition) is 4. The van der Waals surface area contributed by atoms with E-state index in [1.807, 2.05) is 0 Å². The van der Waals surface area contributed by atoms with Gasteiger partial charge in [-0.05, 0) is 28.1 Å². The molecule has 0 aromatic carbocycles. The summed E-state index contributed by atoms with van der Waals surface area (Å²) in [7, 11) is 0. The summed E-state index contributed by atoms with van der Waals surface area (Å²) in [6.07, 6.45) is 4.51. The van der Waals surface area contributed by atoms with Crippen LogP contribution in [0.1, 0.15) is 10.5 Å². The number of aromatic carboxylic acids is 1. The van der Waals surface area contributed by atoms with Crippen LogP contribution in [0, 0.1) is 0 Å². The fourth-order valence-electron chi connectivity index (χ4n) is 1.20. The minimum absolute atomic E-state index is 0.129. The van der Waals surface area contributed by atoms with E-state index in [0.29, 0.717) is 10.2 Å². The van der Waals surface area contributed by atoms with Crippen molar-refractivity contribution in [3.8, 4) is 11.5 Å². The van der Waals surface area contributed by atoms with E-state index in [0.717, 1.165) is 0 Å². The summed E-state index contributed by atoms with van der Waals surface area (Å²) >= 11 is 3.26. The Labute approximate surface area is 105 Å². The van der Waals surface area contributed by atoms with Crippen molar-refractivity contribution in [3.05, 3.63) is 47.0 Å². The van der Waals surface area contributed by atoms with Gasteiger partial charge in [-0.3, -0.25) is 4.98 Å². The van der Waals surface area contributed by atoms with Gasteiger partial charge in [0, 0.05) is 24.7 Å². The van der Waals surface area contributed by atoms with Gasteiger partial charge in [0.15, 0.2) is 11.4 Å². The molecule has 0 aliphatic rings. The summed E-state index contributed by atoms with van der Waals surface area (Å²) < 4.78 is 6.11. The van der Waals surface area contributed by atoms with E-state index < -0.39 is 5.97 Å². The standard InChI is InChI=1S/C11H7BrN2O3/c12-7-6-13-5-3-8(7)17-9-2-1-4-14-10(9)11(15)16/h1-6H,(H,15,16). The lowest BCUT2D eigenvalue weighted by molar-refractivity contribution is 0.0687. The predicted octanol–water partition coefficient (Wildman–Crippen LogP) is 2.73. The van der Waals surface area contributed by atoms with E-state index in [1.54, 1.807) is 30.6 Å². The molecule has 0 radical (unpaired) electrons. The van der Waals surface area contributed by atoms with Crippen molar-refractivity contribution in [2.45, 2.75) is 0 Å². The Kier molecular flexibility index (Phi) is 3.34. The molecule has 0 aliphatic heterocycles. The molecule has 0 fully saturated rings. The predicted molar refractivity (Wildman–Crippen MR) is 63.2 cm³/mol. The van der Waals surface area contributed by atoms with Crippen molar-refractivity contribution < 1.29 is 14.6 Å². The molecule has 2 aromatic heterocycles. The van der Waals surface area contributed by atoms with Crippen LogP contribution in [-0.2, 0) is 0 Å². The monoisotopic (exact) mass is 294 g/mol. The second kappa shape index (κ2) is 4.92. The van der Waals surface area contributed by atoms with Gasteiger partial charge in [-0.15, -0.1) is 0 Å². The molecule has 0 saturated carbocycles. The molecule has 0 spiro atoms. The van der Waals surface area contributed by atoms with Crippen molar-refractivity contribution in [3.63, 3.8) is 0 Å². The SMILES string of the molecule is O=C(O)c1ncccc1Oc1ccncc1Br. The fraction of sp³-hybridized carbons (Fsp3) is 0.